The van der Waals surface area contributed by atoms with Crippen LogP contribution in [-0.4, -0.2) is 45.3 Å². The molecule has 0 aliphatic carbocycles. The normalized spacial score (nSPS) is 18.7. The number of rotatable bonds is 2. The van der Waals surface area contributed by atoms with Crippen LogP contribution in [0.15, 0.2) is 30.6 Å². The number of hydrogen-bond donors (Lipinski definition) is 0. The molecule has 2 heterocycles. The van der Waals surface area contributed by atoms with Crippen LogP contribution < -0.4 is 0 Å². The Morgan fingerprint density at radius 3 is 2.83 bits per heavy atom. The molecule has 1 aromatic heterocycles. The fourth-order valence-corrected chi connectivity index (χ4v) is 2.77. The van der Waals surface area contributed by atoms with Gasteiger partial charge in [-0.25, -0.2) is 9.67 Å². The smallest absolute Gasteiger partial charge is 0.293 e. The summed E-state index contributed by atoms with van der Waals surface area (Å²) in [6, 6.07) is 7.53. The van der Waals surface area contributed by atoms with Crippen molar-refractivity contribution in [2.75, 3.05) is 19.7 Å². The molecule has 128 valence electrons. The lowest BCUT2D eigenvalue weighted by Crippen LogP contribution is -2.42. The van der Waals surface area contributed by atoms with Crippen LogP contribution in [-0.2, 0) is 10.3 Å². The third kappa shape index (κ3) is 3.60. The summed E-state index contributed by atoms with van der Waals surface area (Å²) in [5.74, 6) is 0.0463. The van der Waals surface area contributed by atoms with Crippen LogP contribution in [0.5, 0.6) is 0 Å². The van der Waals surface area contributed by atoms with Crippen molar-refractivity contribution in [1.29, 1.82) is 0 Å². The Morgan fingerprint density at radius 2 is 2.17 bits per heavy atom. The van der Waals surface area contributed by atoms with Crippen LogP contribution in [0.2, 0.25) is 5.02 Å². The van der Waals surface area contributed by atoms with E-state index in [0.29, 0.717) is 24.7 Å². The lowest BCUT2D eigenvalue weighted by atomic mass is 10.1. The topological polar surface area (TPSA) is 60.2 Å². The van der Waals surface area contributed by atoms with Crippen LogP contribution in [0, 0.1) is 0 Å². The van der Waals surface area contributed by atoms with Gasteiger partial charge >= 0.3 is 0 Å². The summed E-state index contributed by atoms with van der Waals surface area (Å²) in [5.41, 5.74) is 0.757. The Bertz CT molecular complexity index is 738. The second-order valence-electron chi connectivity index (χ2n) is 6.85. The second-order valence-corrected chi connectivity index (χ2v) is 7.29. The van der Waals surface area contributed by atoms with E-state index < -0.39 is 0 Å². The van der Waals surface area contributed by atoms with Gasteiger partial charge in [0.15, 0.2) is 0 Å². The van der Waals surface area contributed by atoms with Crippen molar-refractivity contribution in [2.24, 2.45) is 0 Å². The highest BCUT2D eigenvalue weighted by molar-refractivity contribution is 6.30. The molecule has 24 heavy (non-hydrogen) atoms. The van der Waals surface area contributed by atoms with E-state index >= 15 is 0 Å². The monoisotopic (exact) mass is 348 g/mol. The van der Waals surface area contributed by atoms with Crippen molar-refractivity contribution in [1.82, 2.24) is 19.7 Å². The van der Waals surface area contributed by atoms with Gasteiger partial charge in [-0.3, -0.25) is 4.79 Å². The highest BCUT2D eigenvalue weighted by Crippen LogP contribution is 2.25. The van der Waals surface area contributed by atoms with E-state index in [1.165, 1.54) is 0 Å². The second kappa shape index (κ2) is 6.53. The molecule has 3 rings (SSSR count). The van der Waals surface area contributed by atoms with Crippen LogP contribution >= 0.6 is 11.6 Å². The summed E-state index contributed by atoms with van der Waals surface area (Å²) in [6.45, 7) is 7.51. The number of nitrogens with zero attached hydrogens (tertiary/aromatic N) is 4. The zero-order valence-corrected chi connectivity index (χ0v) is 14.8. The first-order valence-corrected chi connectivity index (χ1v) is 8.31. The molecule has 1 atom stereocenters. The Balaban J connectivity index is 1.74. The predicted octanol–water partition coefficient (Wildman–Crippen LogP) is 2.90. The van der Waals surface area contributed by atoms with Gasteiger partial charge in [-0.2, -0.15) is 0 Å². The third-order valence-electron chi connectivity index (χ3n) is 3.94. The summed E-state index contributed by atoms with van der Waals surface area (Å²) in [5, 5.41) is 4.98. The van der Waals surface area contributed by atoms with Crippen LogP contribution in [0.1, 0.15) is 43.1 Å². The maximum atomic E-state index is 12.7. The lowest BCUT2D eigenvalue weighted by molar-refractivity contribution is -0.0232. The highest BCUT2D eigenvalue weighted by Gasteiger charge is 2.29. The largest absolute Gasteiger partial charge is 0.370 e. The molecule has 6 nitrogen and oxygen atoms in total. The van der Waals surface area contributed by atoms with E-state index in [9.17, 15) is 4.79 Å². The minimum Gasteiger partial charge on any atom is -0.370 e. The Labute approximate surface area is 146 Å². The average molecular weight is 349 g/mol. The Kier molecular flexibility index (Phi) is 4.60. The fourth-order valence-electron chi connectivity index (χ4n) is 2.57. The number of hydrogen-bond acceptors (Lipinski definition) is 4. The van der Waals surface area contributed by atoms with Gasteiger partial charge in [-0.1, -0.05) is 23.7 Å². The van der Waals surface area contributed by atoms with Gasteiger partial charge in [0, 0.05) is 11.6 Å². The minimum atomic E-state index is -0.208. The van der Waals surface area contributed by atoms with Gasteiger partial charge in [-0.15, -0.1) is 5.10 Å². The van der Waals surface area contributed by atoms with Crippen molar-refractivity contribution < 1.29 is 9.53 Å². The lowest BCUT2D eigenvalue weighted by Gasteiger charge is -2.32. The maximum absolute atomic E-state index is 12.7. The van der Waals surface area contributed by atoms with Gasteiger partial charge in [0.25, 0.3) is 5.91 Å². The molecule has 1 unspecified atom stereocenters. The van der Waals surface area contributed by atoms with Gasteiger partial charge in [0.05, 0.1) is 18.7 Å². The fraction of sp³-hybridized carbons (Fsp3) is 0.471. The maximum Gasteiger partial charge on any atom is 0.293 e. The molecule has 2 aromatic rings. The standard InChI is InChI=1S/C17H21ClN4O2/c1-17(2,3)22-11-19-15(20-22)16(23)21-7-8-24-14(10-21)12-5-4-6-13(18)9-12/h4-6,9,11,14H,7-8,10H2,1-3H3. The predicted molar refractivity (Wildman–Crippen MR) is 91.1 cm³/mol. The summed E-state index contributed by atoms with van der Waals surface area (Å²) in [6.07, 6.45) is 1.41. The molecular formula is C17H21ClN4O2. The average Bonchev–Trinajstić information content (AvgIpc) is 3.04. The zero-order chi connectivity index (χ0) is 17.3. The van der Waals surface area contributed by atoms with Gasteiger partial charge in [0.2, 0.25) is 5.82 Å². The number of aromatic nitrogens is 3. The number of amides is 1. The van der Waals surface area contributed by atoms with Crippen molar-refractivity contribution in [2.45, 2.75) is 32.4 Å². The highest BCUT2D eigenvalue weighted by atomic mass is 35.5. The number of ether oxygens (including phenoxy) is 1. The van der Waals surface area contributed by atoms with Crippen LogP contribution in [0.25, 0.3) is 0 Å². The first-order chi connectivity index (χ1) is 11.3. The van der Waals surface area contributed by atoms with Gasteiger partial charge in [-0.05, 0) is 38.5 Å². The van der Waals surface area contributed by atoms with Gasteiger partial charge < -0.3 is 9.64 Å². The molecule has 0 bridgehead atoms. The third-order valence-corrected chi connectivity index (χ3v) is 4.18. The van der Waals surface area contributed by atoms with Crippen molar-refractivity contribution >= 4 is 17.5 Å². The molecule has 1 aliphatic rings. The van der Waals surface area contributed by atoms with Crippen molar-refractivity contribution in [3.63, 3.8) is 0 Å². The number of halogens is 1. The van der Waals surface area contributed by atoms with Crippen LogP contribution in [0.3, 0.4) is 0 Å². The van der Waals surface area contributed by atoms with E-state index in [0.717, 1.165) is 5.56 Å². The van der Waals surface area contributed by atoms with E-state index in [4.69, 9.17) is 16.3 Å². The summed E-state index contributed by atoms with van der Waals surface area (Å²) in [4.78, 5) is 18.6. The summed E-state index contributed by atoms with van der Waals surface area (Å²) >= 11 is 6.05. The number of benzene rings is 1. The van der Waals surface area contributed by atoms with E-state index in [1.807, 2.05) is 45.0 Å². The van der Waals surface area contributed by atoms with Crippen molar-refractivity contribution in [3.05, 3.63) is 47.0 Å². The number of morpholine rings is 1. The number of carbonyl (C=O) groups excluding carboxylic acids is 1. The Morgan fingerprint density at radius 1 is 1.38 bits per heavy atom. The SMILES string of the molecule is CC(C)(C)n1cnc(C(=O)N2CCOC(c3cccc(Cl)c3)C2)n1. The molecule has 1 fully saturated rings. The molecular weight excluding hydrogens is 328 g/mol. The molecule has 0 radical (unpaired) electrons. The molecule has 7 heteroatoms. The van der Waals surface area contributed by atoms with Crippen LogP contribution in [0.4, 0.5) is 0 Å². The molecule has 0 spiro atoms. The quantitative estimate of drug-likeness (QED) is 0.837. The van der Waals surface area contributed by atoms with Gasteiger partial charge in [0.1, 0.15) is 12.4 Å². The molecule has 1 aliphatic heterocycles. The first kappa shape index (κ1) is 16.9. The Hall–Kier alpha value is -1.92. The zero-order valence-electron chi connectivity index (χ0n) is 14.1. The summed E-state index contributed by atoms with van der Waals surface area (Å²) in [7, 11) is 0. The molecule has 1 amide bonds. The minimum absolute atomic E-state index is 0.173. The first-order valence-electron chi connectivity index (χ1n) is 7.93. The molecule has 0 N–H and O–H groups in total. The van der Waals surface area contributed by atoms with E-state index in [1.54, 1.807) is 15.9 Å². The van der Waals surface area contributed by atoms with E-state index in [2.05, 4.69) is 10.1 Å². The number of carbonyl (C=O) groups is 1. The molecule has 1 aromatic carbocycles. The van der Waals surface area contributed by atoms with Crippen molar-refractivity contribution in [3.8, 4) is 0 Å². The molecule has 0 saturated carbocycles. The summed E-state index contributed by atoms with van der Waals surface area (Å²) < 4.78 is 7.50. The molecule has 1 saturated heterocycles. The van der Waals surface area contributed by atoms with E-state index in [-0.39, 0.29) is 23.4 Å².